The molecule has 0 aliphatic carbocycles. The molecule has 0 spiro atoms. The average Bonchev–Trinajstić information content (AvgIpc) is 2.27. The molecule has 6 heteroatoms. The van der Waals surface area contributed by atoms with Gasteiger partial charge in [-0.15, -0.1) is 0 Å². The molecule has 106 valence electrons. The Hall–Kier alpha value is -1.11. The van der Waals surface area contributed by atoms with Crippen LogP contribution in [0.15, 0.2) is 23.1 Å². The van der Waals surface area contributed by atoms with Gasteiger partial charge < -0.3 is 10.6 Å². The van der Waals surface area contributed by atoms with Crippen LogP contribution in [0.1, 0.15) is 18.4 Å². The van der Waals surface area contributed by atoms with Crippen molar-refractivity contribution >= 4 is 15.7 Å². The number of nitrogen functional groups attached to an aromatic ring is 1. The number of hydrogen-bond acceptors (Lipinski definition) is 4. The monoisotopic (exact) mass is 283 g/mol. The first kappa shape index (κ1) is 14.3. The van der Waals surface area contributed by atoms with Gasteiger partial charge in [-0.05, 0) is 45.0 Å². The van der Waals surface area contributed by atoms with Crippen molar-refractivity contribution in [3.05, 3.63) is 23.8 Å². The predicted octanol–water partition coefficient (Wildman–Crippen LogP) is 0.950. The Bertz CT molecular complexity index is 537. The molecule has 3 N–H and O–H groups in total. The van der Waals surface area contributed by atoms with E-state index in [2.05, 4.69) is 9.62 Å². The van der Waals surface area contributed by atoms with Crippen LogP contribution in [0, 0.1) is 6.92 Å². The molecule has 1 fully saturated rings. The Morgan fingerprint density at radius 1 is 1.42 bits per heavy atom. The number of sulfonamides is 1. The van der Waals surface area contributed by atoms with Crippen LogP contribution in [0.5, 0.6) is 0 Å². The highest BCUT2D eigenvalue weighted by Gasteiger charge is 2.26. The molecule has 0 aromatic heterocycles. The molecule has 1 heterocycles. The van der Waals surface area contributed by atoms with Crippen molar-refractivity contribution in [1.82, 2.24) is 9.62 Å². The van der Waals surface area contributed by atoms with Crippen LogP contribution in [0.4, 0.5) is 5.69 Å². The van der Waals surface area contributed by atoms with Gasteiger partial charge in [0, 0.05) is 12.6 Å². The number of anilines is 1. The molecular weight excluding hydrogens is 262 g/mol. The molecule has 5 nitrogen and oxygen atoms in total. The number of nitrogens with zero attached hydrogens (tertiary/aromatic N) is 1. The summed E-state index contributed by atoms with van der Waals surface area (Å²) in [5.41, 5.74) is 6.79. The number of likely N-dealkylation sites (tertiary alicyclic amines) is 1. The fourth-order valence-electron chi connectivity index (χ4n) is 2.58. The zero-order valence-corrected chi connectivity index (χ0v) is 12.2. The third-order valence-electron chi connectivity index (χ3n) is 3.46. The maximum absolute atomic E-state index is 12.4. The highest BCUT2D eigenvalue weighted by Crippen LogP contribution is 2.23. The average molecular weight is 283 g/mol. The molecule has 19 heavy (non-hydrogen) atoms. The summed E-state index contributed by atoms with van der Waals surface area (Å²) in [7, 11) is -1.54. The van der Waals surface area contributed by atoms with Gasteiger partial charge in [-0.2, -0.15) is 0 Å². The van der Waals surface area contributed by atoms with E-state index in [1.165, 1.54) is 0 Å². The number of benzene rings is 1. The van der Waals surface area contributed by atoms with Crippen molar-refractivity contribution < 1.29 is 8.42 Å². The number of piperidine rings is 1. The molecule has 1 atom stereocenters. The smallest absolute Gasteiger partial charge is 0.243 e. The summed E-state index contributed by atoms with van der Waals surface area (Å²) in [6.45, 7) is 3.52. The maximum atomic E-state index is 12.4. The first-order valence-corrected chi connectivity index (χ1v) is 7.94. The number of nitrogens with two attached hydrogens (primary N) is 1. The Kier molecular flexibility index (Phi) is 4.13. The third-order valence-corrected chi connectivity index (χ3v) is 5.20. The molecule has 0 radical (unpaired) electrons. The summed E-state index contributed by atoms with van der Waals surface area (Å²) in [5.74, 6) is 0. The normalized spacial score (nSPS) is 21.5. The van der Waals surface area contributed by atoms with Crippen LogP contribution in [0.3, 0.4) is 0 Å². The maximum Gasteiger partial charge on any atom is 0.243 e. The highest BCUT2D eigenvalue weighted by atomic mass is 32.2. The summed E-state index contributed by atoms with van der Waals surface area (Å²) in [6.07, 6.45) is 1.88. The van der Waals surface area contributed by atoms with E-state index >= 15 is 0 Å². The van der Waals surface area contributed by atoms with Gasteiger partial charge >= 0.3 is 0 Å². The molecule has 1 unspecified atom stereocenters. The Morgan fingerprint density at radius 3 is 2.79 bits per heavy atom. The summed E-state index contributed by atoms with van der Waals surface area (Å²) in [6, 6.07) is 5.10. The van der Waals surface area contributed by atoms with E-state index in [1.807, 2.05) is 7.05 Å². The minimum atomic E-state index is -3.55. The van der Waals surface area contributed by atoms with Crippen molar-refractivity contribution in [2.24, 2.45) is 0 Å². The van der Waals surface area contributed by atoms with Gasteiger partial charge in [0.1, 0.15) is 4.90 Å². The third kappa shape index (κ3) is 3.26. The molecule has 1 aliphatic heterocycles. The fourth-order valence-corrected chi connectivity index (χ4v) is 4.20. The van der Waals surface area contributed by atoms with E-state index in [9.17, 15) is 8.42 Å². The van der Waals surface area contributed by atoms with Gasteiger partial charge in [0.15, 0.2) is 0 Å². The second kappa shape index (κ2) is 5.48. The Balaban J connectivity index is 2.23. The van der Waals surface area contributed by atoms with Gasteiger partial charge in [0.25, 0.3) is 0 Å². The summed E-state index contributed by atoms with van der Waals surface area (Å²) in [4.78, 5) is 2.35. The first-order chi connectivity index (χ1) is 8.90. The van der Waals surface area contributed by atoms with E-state index in [1.54, 1.807) is 25.1 Å². The molecule has 0 saturated carbocycles. The van der Waals surface area contributed by atoms with E-state index in [-0.39, 0.29) is 10.9 Å². The molecule has 1 saturated heterocycles. The largest absolute Gasteiger partial charge is 0.398 e. The minimum absolute atomic E-state index is 0.0391. The van der Waals surface area contributed by atoms with Crippen molar-refractivity contribution in [1.29, 1.82) is 0 Å². The molecule has 1 aromatic rings. The highest BCUT2D eigenvalue weighted by molar-refractivity contribution is 7.89. The number of aryl methyl sites for hydroxylation is 1. The molecule has 2 rings (SSSR count). The van der Waals surface area contributed by atoms with Crippen LogP contribution < -0.4 is 10.5 Å². The zero-order valence-electron chi connectivity index (χ0n) is 11.4. The van der Waals surface area contributed by atoms with E-state index < -0.39 is 10.0 Å². The van der Waals surface area contributed by atoms with E-state index in [4.69, 9.17) is 5.73 Å². The van der Waals surface area contributed by atoms with Gasteiger partial charge in [-0.1, -0.05) is 12.1 Å². The Morgan fingerprint density at radius 2 is 2.16 bits per heavy atom. The minimum Gasteiger partial charge on any atom is -0.398 e. The lowest BCUT2D eigenvalue weighted by atomic mass is 10.1. The number of hydrogen-bond donors (Lipinski definition) is 2. The van der Waals surface area contributed by atoms with Gasteiger partial charge in [0.05, 0.1) is 5.69 Å². The van der Waals surface area contributed by atoms with Gasteiger partial charge in [-0.25, -0.2) is 13.1 Å². The summed E-state index contributed by atoms with van der Waals surface area (Å²) in [5, 5.41) is 0. The lowest BCUT2D eigenvalue weighted by Gasteiger charge is -2.30. The van der Waals surface area contributed by atoms with Crippen molar-refractivity contribution in [3.8, 4) is 0 Å². The van der Waals surface area contributed by atoms with Gasteiger partial charge in [-0.3, -0.25) is 0 Å². The van der Waals surface area contributed by atoms with Crippen molar-refractivity contribution in [2.75, 3.05) is 25.9 Å². The van der Waals surface area contributed by atoms with Gasteiger partial charge in [0.2, 0.25) is 10.0 Å². The molecule has 0 amide bonds. The zero-order chi connectivity index (χ0) is 14.0. The lowest BCUT2D eigenvalue weighted by Crippen LogP contribution is -2.46. The predicted molar refractivity (Wildman–Crippen MR) is 76.4 cm³/mol. The van der Waals surface area contributed by atoms with Crippen molar-refractivity contribution in [2.45, 2.75) is 30.7 Å². The van der Waals surface area contributed by atoms with Crippen molar-refractivity contribution in [3.63, 3.8) is 0 Å². The summed E-state index contributed by atoms with van der Waals surface area (Å²) < 4.78 is 27.7. The van der Waals surface area contributed by atoms with E-state index in [0.29, 0.717) is 11.3 Å². The van der Waals surface area contributed by atoms with Crippen LogP contribution >= 0.6 is 0 Å². The molecule has 0 bridgehead atoms. The Labute approximate surface area is 114 Å². The first-order valence-electron chi connectivity index (χ1n) is 6.46. The quantitative estimate of drug-likeness (QED) is 0.810. The SMILES string of the molecule is Cc1cccc(N)c1S(=O)(=O)NC1CCCN(C)C1. The topological polar surface area (TPSA) is 75.4 Å². The standard InChI is InChI=1S/C13H21N3O2S/c1-10-5-3-7-12(14)13(10)19(17,18)15-11-6-4-8-16(2)9-11/h3,5,7,11,15H,4,6,8-9,14H2,1-2H3. The van der Waals surface area contributed by atoms with E-state index in [0.717, 1.165) is 25.9 Å². The second-order valence-electron chi connectivity index (χ2n) is 5.22. The number of likely N-dealkylation sites (N-methyl/N-ethyl adjacent to an activating group) is 1. The number of rotatable bonds is 3. The van der Waals surface area contributed by atoms with Crippen LogP contribution in [-0.4, -0.2) is 39.5 Å². The molecule has 1 aliphatic rings. The summed E-state index contributed by atoms with van der Waals surface area (Å²) >= 11 is 0. The molecule has 1 aromatic carbocycles. The van der Waals surface area contributed by atoms with Crippen LogP contribution in [0.2, 0.25) is 0 Å². The fraction of sp³-hybridized carbons (Fsp3) is 0.538. The van der Waals surface area contributed by atoms with Crippen LogP contribution in [-0.2, 0) is 10.0 Å². The van der Waals surface area contributed by atoms with Crippen LogP contribution in [0.25, 0.3) is 0 Å². The molecular formula is C13H21N3O2S. The lowest BCUT2D eigenvalue weighted by molar-refractivity contribution is 0.242. The second-order valence-corrected chi connectivity index (χ2v) is 6.87. The number of nitrogens with one attached hydrogen (secondary N) is 1.